The van der Waals surface area contributed by atoms with Crippen molar-refractivity contribution in [1.29, 1.82) is 0 Å². The first kappa shape index (κ1) is 22.8. The van der Waals surface area contributed by atoms with E-state index in [0.29, 0.717) is 17.5 Å². The third-order valence-corrected chi connectivity index (χ3v) is 6.00. The normalized spacial score (nSPS) is 13.1. The lowest BCUT2D eigenvalue weighted by Gasteiger charge is -2.11. The van der Waals surface area contributed by atoms with Gasteiger partial charge < -0.3 is 10.1 Å². The maximum Gasteiger partial charge on any atom is 0.314 e. The van der Waals surface area contributed by atoms with Gasteiger partial charge in [-0.1, -0.05) is 50.2 Å². The van der Waals surface area contributed by atoms with E-state index in [4.69, 9.17) is 9.72 Å². The highest BCUT2D eigenvalue weighted by Gasteiger charge is 2.31. The minimum atomic E-state index is -0.124. The molecule has 0 bridgehead atoms. The van der Waals surface area contributed by atoms with Gasteiger partial charge in [-0.05, 0) is 54.0 Å². The molecule has 0 radical (unpaired) electrons. The molecule has 7 heteroatoms. The van der Waals surface area contributed by atoms with E-state index in [0.717, 1.165) is 53.0 Å². The molecule has 0 unspecified atom stereocenters. The van der Waals surface area contributed by atoms with Crippen LogP contribution in [-0.2, 0) is 18.3 Å². The molecule has 2 heterocycles. The Bertz CT molecular complexity index is 1320. The smallest absolute Gasteiger partial charge is 0.314 e. The number of ether oxygens (including phenoxy) is 1. The summed E-state index contributed by atoms with van der Waals surface area (Å²) in [6.45, 7) is 4.34. The fraction of sp³-hybridized carbons (Fsp3) is 0.286. The summed E-state index contributed by atoms with van der Waals surface area (Å²) in [5.74, 6) is 2.63. The molecular weight excluding hydrogens is 438 g/mol. The molecule has 5 rings (SSSR count). The van der Waals surface area contributed by atoms with Crippen LogP contribution in [0.4, 0.5) is 11.6 Å². The van der Waals surface area contributed by atoms with Gasteiger partial charge in [-0.25, -0.2) is 4.98 Å². The molecule has 1 saturated carbocycles. The molecular formula is C28H29N5O2. The number of hydrogen-bond acceptors (Lipinski definition) is 6. The number of anilines is 2. The van der Waals surface area contributed by atoms with Crippen molar-refractivity contribution in [2.45, 2.75) is 33.1 Å². The fourth-order valence-electron chi connectivity index (χ4n) is 3.98. The third kappa shape index (κ3) is 5.40. The van der Waals surface area contributed by atoms with Gasteiger partial charge in [-0.15, -0.1) is 0 Å². The van der Waals surface area contributed by atoms with Gasteiger partial charge in [-0.2, -0.15) is 5.10 Å². The van der Waals surface area contributed by atoms with E-state index in [1.54, 1.807) is 6.20 Å². The number of rotatable bonds is 8. The summed E-state index contributed by atoms with van der Waals surface area (Å²) in [6, 6.07) is 16.0. The van der Waals surface area contributed by atoms with Gasteiger partial charge in [0.1, 0.15) is 17.4 Å². The van der Waals surface area contributed by atoms with Crippen molar-refractivity contribution >= 4 is 17.6 Å². The quantitative estimate of drug-likeness (QED) is 0.260. The zero-order chi connectivity index (χ0) is 24.4. The number of aryl methyl sites for hydroxylation is 1. The van der Waals surface area contributed by atoms with E-state index >= 15 is 0 Å². The molecule has 0 saturated heterocycles. The number of benzene rings is 2. The van der Waals surface area contributed by atoms with Gasteiger partial charge in [0.25, 0.3) is 0 Å². The van der Waals surface area contributed by atoms with Crippen LogP contribution >= 0.6 is 0 Å². The van der Waals surface area contributed by atoms with Gasteiger partial charge in [0.15, 0.2) is 0 Å². The van der Waals surface area contributed by atoms with Gasteiger partial charge >= 0.3 is 5.97 Å². The molecule has 35 heavy (non-hydrogen) atoms. The van der Waals surface area contributed by atoms with Crippen molar-refractivity contribution < 1.29 is 9.53 Å². The number of nitrogens with one attached hydrogen (secondary N) is 1. The van der Waals surface area contributed by atoms with Crippen LogP contribution < -0.4 is 10.1 Å². The topological polar surface area (TPSA) is 81.9 Å². The van der Waals surface area contributed by atoms with Crippen LogP contribution in [0, 0.1) is 11.8 Å². The van der Waals surface area contributed by atoms with Crippen molar-refractivity contribution in [2.75, 3.05) is 5.32 Å². The molecule has 0 amide bonds. The highest BCUT2D eigenvalue weighted by Crippen LogP contribution is 2.33. The van der Waals surface area contributed by atoms with Crippen LogP contribution in [0.25, 0.3) is 22.3 Å². The van der Waals surface area contributed by atoms with Crippen LogP contribution in [0.2, 0.25) is 0 Å². The number of carbonyl (C=O) groups excluding carboxylic acids is 1. The minimum Gasteiger partial charge on any atom is -0.426 e. The first-order chi connectivity index (χ1) is 17.0. The Morgan fingerprint density at radius 1 is 1.00 bits per heavy atom. The summed E-state index contributed by atoms with van der Waals surface area (Å²) in [4.78, 5) is 20.9. The molecule has 1 N–H and O–H groups in total. The van der Waals surface area contributed by atoms with Gasteiger partial charge in [0.05, 0.1) is 24.0 Å². The highest BCUT2D eigenvalue weighted by molar-refractivity contribution is 5.80. The van der Waals surface area contributed by atoms with Crippen LogP contribution in [0.1, 0.15) is 32.4 Å². The number of aromatic nitrogens is 4. The molecule has 1 fully saturated rings. The third-order valence-electron chi connectivity index (χ3n) is 6.00. The number of esters is 1. The monoisotopic (exact) mass is 467 g/mol. The standard InChI is InChI=1S/C28H29N5O2/c1-18(2)14-23-15-29-17-26(31-23)32-27-25(16-30-33(27)3)21-6-4-19(5-7-21)20-10-12-24(13-11-20)35-28(34)22-8-9-22/h4-7,10-13,15-18,22H,8-9,14H2,1-3H3,(H,31,32). The van der Waals surface area contributed by atoms with Gasteiger partial charge in [0, 0.05) is 18.8 Å². The molecule has 1 aliphatic carbocycles. The second kappa shape index (κ2) is 9.70. The average molecular weight is 468 g/mol. The molecule has 1 aliphatic rings. The molecule has 0 atom stereocenters. The first-order valence-corrected chi connectivity index (χ1v) is 12.0. The Labute approximate surface area is 205 Å². The maximum absolute atomic E-state index is 11.9. The predicted molar refractivity (Wildman–Crippen MR) is 136 cm³/mol. The maximum atomic E-state index is 11.9. The van der Waals surface area contributed by atoms with E-state index in [1.807, 2.05) is 48.4 Å². The van der Waals surface area contributed by atoms with Crippen molar-refractivity contribution in [3.8, 4) is 28.0 Å². The summed E-state index contributed by atoms with van der Waals surface area (Å²) >= 11 is 0. The molecule has 178 valence electrons. The average Bonchev–Trinajstić information content (AvgIpc) is 3.64. The van der Waals surface area contributed by atoms with E-state index in [1.165, 1.54) is 0 Å². The van der Waals surface area contributed by atoms with Crippen molar-refractivity contribution in [1.82, 2.24) is 19.7 Å². The summed E-state index contributed by atoms with van der Waals surface area (Å²) in [5, 5.41) is 7.85. The lowest BCUT2D eigenvalue weighted by Crippen LogP contribution is -2.09. The summed E-state index contributed by atoms with van der Waals surface area (Å²) in [7, 11) is 1.91. The fourth-order valence-corrected chi connectivity index (χ4v) is 3.98. The van der Waals surface area contributed by atoms with E-state index < -0.39 is 0 Å². The summed E-state index contributed by atoms with van der Waals surface area (Å²) < 4.78 is 7.24. The summed E-state index contributed by atoms with van der Waals surface area (Å²) in [5.41, 5.74) is 5.14. The zero-order valence-electron chi connectivity index (χ0n) is 20.2. The molecule has 2 aromatic heterocycles. The van der Waals surface area contributed by atoms with Gasteiger partial charge in [0.2, 0.25) is 0 Å². The van der Waals surface area contributed by atoms with E-state index in [2.05, 4.69) is 53.5 Å². The molecule has 0 spiro atoms. The van der Waals surface area contributed by atoms with Crippen LogP contribution in [-0.4, -0.2) is 25.7 Å². The number of hydrogen-bond donors (Lipinski definition) is 1. The SMILES string of the molecule is CC(C)Cc1cncc(Nc2c(-c3ccc(-c4ccc(OC(=O)C5CC5)cc4)cc3)cnn2C)n1. The number of nitrogens with zero attached hydrogens (tertiary/aromatic N) is 4. The second-order valence-corrected chi connectivity index (χ2v) is 9.45. The lowest BCUT2D eigenvalue weighted by atomic mass is 10.0. The van der Waals surface area contributed by atoms with E-state index in [-0.39, 0.29) is 11.9 Å². The molecule has 7 nitrogen and oxygen atoms in total. The Morgan fingerprint density at radius 2 is 1.66 bits per heavy atom. The van der Waals surface area contributed by atoms with E-state index in [9.17, 15) is 4.79 Å². The van der Waals surface area contributed by atoms with Gasteiger partial charge in [-0.3, -0.25) is 14.5 Å². The molecule has 2 aromatic carbocycles. The number of carbonyl (C=O) groups is 1. The lowest BCUT2D eigenvalue weighted by molar-refractivity contribution is -0.135. The zero-order valence-corrected chi connectivity index (χ0v) is 20.2. The summed E-state index contributed by atoms with van der Waals surface area (Å²) in [6.07, 6.45) is 8.16. The molecule has 0 aliphatic heterocycles. The Morgan fingerprint density at radius 3 is 2.31 bits per heavy atom. The molecule has 4 aromatic rings. The van der Waals surface area contributed by atoms with Crippen molar-refractivity contribution in [3.63, 3.8) is 0 Å². The highest BCUT2D eigenvalue weighted by atomic mass is 16.5. The Hall–Kier alpha value is -4.00. The van der Waals surface area contributed by atoms with Crippen LogP contribution in [0.15, 0.2) is 67.1 Å². The van der Waals surface area contributed by atoms with Crippen LogP contribution in [0.5, 0.6) is 5.75 Å². The first-order valence-electron chi connectivity index (χ1n) is 12.0. The van der Waals surface area contributed by atoms with Crippen LogP contribution in [0.3, 0.4) is 0 Å². The largest absolute Gasteiger partial charge is 0.426 e. The minimum absolute atomic E-state index is 0.0881. The van der Waals surface area contributed by atoms with Crippen molar-refractivity contribution in [3.05, 3.63) is 72.8 Å². The Balaban J connectivity index is 1.32. The second-order valence-electron chi connectivity index (χ2n) is 9.45. The van der Waals surface area contributed by atoms with Crippen molar-refractivity contribution in [2.24, 2.45) is 18.9 Å². The Kier molecular flexibility index (Phi) is 6.31. The predicted octanol–water partition coefficient (Wildman–Crippen LogP) is 5.80.